The summed E-state index contributed by atoms with van der Waals surface area (Å²) in [6.45, 7) is 3.20. The average Bonchev–Trinajstić information content (AvgIpc) is 3.59. The molecule has 0 fully saturated rings. The summed E-state index contributed by atoms with van der Waals surface area (Å²) in [7, 11) is 0. The molecule has 0 aliphatic heterocycles. The highest BCUT2D eigenvalue weighted by Gasteiger charge is 2.32. The molecule has 10 nitrogen and oxygen atoms in total. The van der Waals surface area contributed by atoms with Crippen LogP contribution in [0.4, 0.5) is 0 Å². The zero-order valence-electron chi connectivity index (χ0n) is 27.6. The molecule has 0 bridgehead atoms. The van der Waals surface area contributed by atoms with Crippen LogP contribution in [0.3, 0.4) is 0 Å². The molecule has 2 aliphatic carbocycles. The molecule has 5 aromatic carbocycles. The summed E-state index contributed by atoms with van der Waals surface area (Å²) in [5, 5.41) is 29.5. The molecule has 0 amide bonds. The van der Waals surface area contributed by atoms with Crippen molar-refractivity contribution in [1.82, 2.24) is 18.8 Å². The van der Waals surface area contributed by atoms with Crippen LogP contribution in [0.5, 0.6) is 0 Å². The van der Waals surface area contributed by atoms with Crippen LogP contribution in [-0.2, 0) is 9.59 Å². The van der Waals surface area contributed by atoms with E-state index >= 15 is 0 Å². The Bertz CT molecular complexity index is 3190. The van der Waals surface area contributed by atoms with Gasteiger partial charge in [-0.15, -0.1) is 0 Å². The molecular formula is C42H24N4O6. The van der Waals surface area contributed by atoms with Gasteiger partial charge in [-0.2, -0.15) is 0 Å². The van der Waals surface area contributed by atoms with Crippen molar-refractivity contribution in [3.8, 4) is 0 Å². The van der Waals surface area contributed by atoms with E-state index in [1.807, 2.05) is 48.5 Å². The fraction of sp³-hybridized carbons (Fsp3) is 0.0952. The first-order valence-corrected chi connectivity index (χ1v) is 16.8. The Kier molecular flexibility index (Phi) is 5.02. The number of fused-ring (bicyclic) bond motifs is 10. The first kappa shape index (κ1) is 28.9. The summed E-state index contributed by atoms with van der Waals surface area (Å²) >= 11 is 0. The van der Waals surface area contributed by atoms with Gasteiger partial charge in [0.1, 0.15) is 22.1 Å². The number of hydrogen-bond acceptors (Lipinski definition) is 6. The van der Waals surface area contributed by atoms with Crippen LogP contribution in [0.25, 0.3) is 100 Å². The normalized spacial score (nSPS) is 20.0. The first-order valence-electron chi connectivity index (χ1n) is 16.8. The van der Waals surface area contributed by atoms with Crippen LogP contribution in [-0.4, -0.2) is 40.9 Å². The van der Waals surface area contributed by atoms with Crippen molar-refractivity contribution in [1.29, 1.82) is 0 Å². The van der Waals surface area contributed by atoms with Gasteiger partial charge in [0.25, 0.3) is 11.1 Å². The van der Waals surface area contributed by atoms with Crippen molar-refractivity contribution in [2.24, 2.45) is 10.8 Å². The smallest absolute Gasteiger partial charge is 0.317 e. The Hall–Kier alpha value is -6.94. The standard InChI is InChI=1S/C42H24N4O6/c1-41(39(49)50)15-11-27-29(13-17-41)45-35(43-27)23-7-3-19-20-4-8-24-34-26(10-6-22(32(20)34)21-5-9-25(37(45)47)33(23)31(19)21)38(48)46-30-14-18-42(2,40(51)52)16-12-28(30)44-36(24)46/h3-18H,1-2H3,(H,49,50)(H,51,52). The van der Waals surface area contributed by atoms with E-state index in [0.29, 0.717) is 44.8 Å². The molecule has 2 atom stereocenters. The van der Waals surface area contributed by atoms with Crippen molar-refractivity contribution in [3.63, 3.8) is 0 Å². The summed E-state index contributed by atoms with van der Waals surface area (Å²) in [6.07, 6.45) is 13.0. The number of pyridine rings is 2. The van der Waals surface area contributed by atoms with Gasteiger partial charge in [0.05, 0.1) is 22.8 Å². The highest BCUT2D eigenvalue weighted by atomic mass is 16.4. The number of nitrogens with zero attached hydrogens (tertiary/aromatic N) is 4. The van der Waals surface area contributed by atoms with Gasteiger partial charge in [-0.1, -0.05) is 48.6 Å². The zero-order chi connectivity index (χ0) is 35.6. The van der Waals surface area contributed by atoms with E-state index in [4.69, 9.17) is 9.97 Å². The lowest BCUT2D eigenvalue weighted by Crippen LogP contribution is -2.22. The van der Waals surface area contributed by atoms with E-state index in [-0.39, 0.29) is 11.1 Å². The molecule has 0 saturated carbocycles. The summed E-state index contributed by atoms with van der Waals surface area (Å²) in [4.78, 5) is 62.4. The fourth-order valence-corrected chi connectivity index (χ4v) is 8.50. The topological polar surface area (TPSA) is 143 Å². The van der Waals surface area contributed by atoms with E-state index < -0.39 is 22.8 Å². The number of imidazole rings is 2. The van der Waals surface area contributed by atoms with E-state index in [1.54, 1.807) is 71.3 Å². The average molecular weight is 681 g/mol. The van der Waals surface area contributed by atoms with Crippen molar-refractivity contribution >= 4 is 112 Å². The number of rotatable bonds is 2. The Balaban J connectivity index is 1.23. The lowest BCUT2D eigenvalue weighted by atomic mass is 9.86. The second-order valence-corrected chi connectivity index (χ2v) is 14.3. The van der Waals surface area contributed by atoms with Gasteiger partial charge in [-0.05, 0) is 94.7 Å². The van der Waals surface area contributed by atoms with E-state index in [1.165, 1.54) is 0 Å². The van der Waals surface area contributed by atoms with Crippen molar-refractivity contribution in [2.75, 3.05) is 0 Å². The SMILES string of the molecule is CC1(C(=O)O)C=Cc2nc3c4ccc5c6ccc7c8c(ccc(c9ccc(c(=O)n3c2C=C1)c4c95)c68)c(=O)n1c2c(nc71)C=CC(C)(C(=O)O)C=C2. The Morgan fingerprint density at radius 3 is 1.17 bits per heavy atom. The predicted molar refractivity (Wildman–Crippen MR) is 203 cm³/mol. The molecule has 2 N–H and O–H groups in total. The number of benzene rings is 5. The molecule has 9 aromatic rings. The zero-order valence-corrected chi connectivity index (χ0v) is 27.6. The monoisotopic (exact) mass is 680 g/mol. The van der Waals surface area contributed by atoms with Crippen molar-refractivity contribution in [2.45, 2.75) is 13.8 Å². The molecule has 4 heterocycles. The van der Waals surface area contributed by atoms with Gasteiger partial charge < -0.3 is 10.2 Å². The minimum Gasteiger partial charge on any atom is -0.480 e. The third-order valence-corrected chi connectivity index (χ3v) is 11.4. The van der Waals surface area contributed by atoms with Gasteiger partial charge in [0.2, 0.25) is 0 Å². The number of carbonyl (C=O) groups is 2. The maximum Gasteiger partial charge on any atom is 0.317 e. The van der Waals surface area contributed by atoms with Crippen LogP contribution in [0.2, 0.25) is 0 Å². The van der Waals surface area contributed by atoms with Gasteiger partial charge in [-0.3, -0.25) is 28.0 Å². The second kappa shape index (κ2) is 9.04. The molecule has 2 aliphatic rings. The number of carboxylic acids is 2. The van der Waals surface area contributed by atoms with Gasteiger partial charge in [-0.25, -0.2) is 9.97 Å². The van der Waals surface area contributed by atoms with E-state index in [2.05, 4.69) is 0 Å². The number of carboxylic acid groups (broad SMARTS) is 2. The minimum atomic E-state index is -1.23. The van der Waals surface area contributed by atoms with E-state index in [9.17, 15) is 29.4 Å². The highest BCUT2D eigenvalue weighted by molar-refractivity contribution is 6.40. The molecule has 0 spiro atoms. The Morgan fingerprint density at radius 2 is 0.808 bits per heavy atom. The molecule has 0 saturated heterocycles. The van der Waals surface area contributed by atoms with Crippen LogP contribution in [0, 0.1) is 10.8 Å². The molecule has 52 heavy (non-hydrogen) atoms. The van der Waals surface area contributed by atoms with Gasteiger partial charge in [0, 0.05) is 32.3 Å². The summed E-state index contributed by atoms with van der Waals surface area (Å²) in [5.74, 6) is -1.99. The quantitative estimate of drug-likeness (QED) is 0.144. The number of aromatic nitrogens is 4. The fourth-order valence-electron chi connectivity index (χ4n) is 8.50. The predicted octanol–water partition coefficient (Wildman–Crippen LogP) is 7.20. The molecule has 10 heteroatoms. The maximum absolute atomic E-state index is 14.3. The minimum absolute atomic E-state index is 0.239. The molecule has 4 aromatic heterocycles. The largest absolute Gasteiger partial charge is 0.480 e. The van der Waals surface area contributed by atoms with Crippen LogP contribution < -0.4 is 11.1 Å². The van der Waals surface area contributed by atoms with Crippen LogP contribution in [0.1, 0.15) is 36.6 Å². The van der Waals surface area contributed by atoms with Gasteiger partial charge in [0.15, 0.2) is 0 Å². The van der Waals surface area contributed by atoms with Crippen LogP contribution >= 0.6 is 0 Å². The van der Waals surface area contributed by atoms with E-state index in [0.717, 1.165) is 53.9 Å². The maximum atomic E-state index is 14.3. The summed E-state index contributed by atoms with van der Waals surface area (Å²) in [5.41, 5.74) is 0.175. The lowest BCUT2D eigenvalue weighted by Gasteiger charge is -2.18. The Labute approximate surface area is 291 Å². The molecule has 248 valence electrons. The lowest BCUT2D eigenvalue weighted by molar-refractivity contribution is -0.143. The molecule has 2 unspecified atom stereocenters. The highest BCUT2D eigenvalue weighted by Crippen LogP contribution is 2.46. The third-order valence-electron chi connectivity index (χ3n) is 11.4. The van der Waals surface area contributed by atoms with Crippen molar-refractivity contribution < 1.29 is 19.8 Å². The second-order valence-electron chi connectivity index (χ2n) is 14.3. The first-order chi connectivity index (χ1) is 25.0. The summed E-state index contributed by atoms with van der Waals surface area (Å²) < 4.78 is 3.15. The molecular weight excluding hydrogens is 656 g/mol. The van der Waals surface area contributed by atoms with Crippen molar-refractivity contribution in [3.05, 3.63) is 116 Å². The van der Waals surface area contributed by atoms with Gasteiger partial charge >= 0.3 is 11.9 Å². The molecule has 0 radical (unpaired) electrons. The summed E-state index contributed by atoms with van der Waals surface area (Å²) in [6, 6.07) is 15.7. The third kappa shape index (κ3) is 3.25. The molecule has 11 rings (SSSR count). The Morgan fingerprint density at radius 1 is 0.500 bits per heavy atom. The number of hydrogen-bond donors (Lipinski definition) is 2. The van der Waals surface area contributed by atoms with Crippen LogP contribution in [0.15, 0.2) is 82.4 Å². The number of aliphatic carboxylic acids is 2.